The minimum absolute atomic E-state index is 0.597. The van der Waals surface area contributed by atoms with Crippen molar-refractivity contribution in [3.05, 3.63) is 0 Å². The van der Waals surface area contributed by atoms with Gasteiger partial charge in [-0.3, -0.25) is 0 Å². The fraction of sp³-hybridized carbons (Fsp3) is 1.00. The van der Waals surface area contributed by atoms with E-state index in [9.17, 15) is 0 Å². The Bertz CT molecular complexity index is 89.0. The largest absolute Gasteiger partial charge is 0.378 e. The van der Waals surface area contributed by atoms with Crippen LogP contribution < -0.4 is 0 Å². The Kier molecular flexibility index (Phi) is 3.92. The molecule has 66 valence electrons. The van der Waals surface area contributed by atoms with Crippen molar-refractivity contribution in [2.24, 2.45) is 5.92 Å². The molecule has 1 aliphatic carbocycles. The van der Waals surface area contributed by atoms with Crippen LogP contribution in [0.25, 0.3) is 0 Å². The van der Waals surface area contributed by atoms with Gasteiger partial charge in [0.25, 0.3) is 0 Å². The number of rotatable bonds is 4. The van der Waals surface area contributed by atoms with Crippen molar-refractivity contribution in [1.82, 2.24) is 0 Å². The molecule has 11 heavy (non-hydrogen) atoms. The highest BCUT2D eigenvalue weighted by molar-refractivity contribution is 4.77. The first-order valence-electron chi connectivity index (χ1n) is 5.00. The Labute approximate surface area is 70.1 Å². The van der Waals surface area contributed by atoms with Gasteiger partial charge in [0.15, 0.2) is 0 Å². The molecule has 0 bridgehead atoms. The third-order valence-corrected chi connectivity index (χ3v) is 2.63. The average Bonchev–Trinajstić information content (AvgIpc) is 2.39. The SMILES string of the molecule is CCCC1CCCC1OCC. The molecule has 0 N–H and O–H groups in total. The van der Waals surface area contributed by atoms with E-state index in [4.69, 9.17) is 4.74 Å². The first kappa shape index (κ1) is 9.05. The fourth-order valence-corrected chi connectivity index (χ4v) is 2.14. The van der Waals surface area contributed by atoms with E-state index in [-0.39, 0.29) is 0 Å². The topological polar surface area (TPSA) is 9.23 Å². The number of ether oxygens (including phenoxy) is 1. The van der Waals surface area contributed by atoms with Gasteiger partial charge in [0.2, 0.25) is 0 Å². The summed E-state index contributed by atoms with van der Waals surface area (Å²) >= 11 is 0. The number of hydrogen-bond donors (Lipinski definition) is 0. The Hall–Kier alpha value is -0.0400. The van der Waals surface area contributed by atoms with Gasteiger partial charge in [-0.2, -0.15) is 0 Å². The van der Waals surface area contributed by atoms with Crippen LogP contribution >= 0.6 is 0 Å². The Balaban J connectivity index is 2.25. The highest BCUT2D eigenvalue weighted by atomic mass is 16.5. The van der Waals surface area contributed by atoms with Crippen LogP contribution in [0.15, 0.2) is 0 Å². The second kappa shape index (κ2) is 4.76. The van der Waals surface area contributed by atoms with Crippen LogP contribution in [0.3, 0.4) is 0 Å². The van der Waals surface area contributed by atoms with Gasteiger partial charge in [-0.15, -0.1) is 0 Å². The molecular formula is C10H20O. The van der Waals surface area contributed by atoms with Crippen LogP contribution in [0.4, 0.5) is 0 Å². The second-order valence-corrected chi connectivity index (χ2v) is 3.47. The highest BCUT2D eigenvalue weighted by Crippen LogP contribution is 2.31. The third-order valence-electron chi connectivity index (χ3n) is 2.63. The summed E-state index contributed by atoms with van der Waals surface area (Å²) in [6.45, 7) is 5.26. The zero-order chi connectivity index (χ0) is 8.10. The van der Waals surface area contributed by atoms with E-state index >= 15 is 0 Å². The third kappa shape index (κ3) is 2.48. The molecular weight excluding hydrogens is 136 g/mol. The van der Waals surface area contributed by atoms with Crippen LogP contribution in [0.5, 0.6) is 0 Å². The highest BCUT2D eigenvalue weighted by Gasteiger charge is 2.26. The molecule has 1 saturated carbocycles. The van der Waals surface area contributed by atoms with Crippen molar-refractivity contribution in [3.8, 4) is 0 Å². The van der Waals surface area contributed by atoms with E-state index in [0.717, 1.165) is 12.5 Å². The lowest BCUT2D eigenvalue weighted by atomic mass is 10.0. The summed E-state index contributed by atoms with van der Waals surface area (Å²) in [5.74, 6) is 0.875. The molecule has 1 rings (SSSR count). The van der Waals surface area contributed by atoms with Gasteiger partial charge in [0, 0.05) is 6.61 Å². The standard InChI is InChI=1S/C10H20O/c1-3-6-9-7-5-8-10(9)11-4-2/h9-10H,3-8H2,1-2H3. The molecule has 1 fully saturated rings. The van der Waals surface area contributed by atoms with Gasteiger partial charge in [-0.1, -0.05) is 19.8 Å². The van der Waals surface area contributed by atoms with E-state index in [1.807, 2.05) is 0 Å². The zero-order valence-electron chi connectivity index (χ0n) is 7.81. The van der Waals surface area contributed by atoms with Crippen molar-refractivity contribution in [2.75, 3.05) is 6.61 Å². The van der Waals surface area contributed by atoms with Crippen LogP contribution in [0.2, 0.25) is 0 Å². The fourth-order valence-electron chi connectivity index (χ4n) is 2.14. The summed E-state index contributed by atoms with van der Waals surface area (Å²) in [6.07, 6.45) is 7.37. The minimum atomic E-state index is 0.597. The maximum atomic E-state index is 5.67. The molecule has 2 unspecified atom stereocenters. The van der Waals surface area contributed by atoms with Gasteiger partial charge in [-0.25, -0.2) is 0 Å². The van der Waals surface area contributed by atoms with E-state index in [1.165, 1.54) is 32.1 Å². The molecule has 0 aromatic carbocycles. The lowest BCUT2D eigenvalue weighted by molar-refractivity contribution is 0.0336. The average molecular weight is 156 g/mol. The predicted octanol–water partition coefficient (Wildman–Crippen LogP) is 2.99. The normalized spacial score (nSPS) is 31.1. The van der Waals surface area contributed by atoms with Crippen molar-refractivity contribution < 1.29 is 4.74 Å². The molecule has 1 heteroatoms. The smallest absolute Gasteiger partial charge is 0.0603 e. The van der Waals surface area contributed by atoms with Gasteiger partial charge in [-0.05, 0) is 32.1 Å². The van der Waals surface area contributed by atoms with Gasteiger partial charge in [0.1, 0.15) is 0 Å². The first-order valence-corrected chi connectivity index (χ1v) is 5.00. The lowest BCUT2D eigenvalue weighted by Crippen LogP contribution is -2.17. The Morgan fingerprint density at radius 1 is 1.27 bits per heavy atom. The van der Waals surface area contributed by atoms with Crippen molar-refractivity contribution in [1.29, 1.82) is 0 Å². The Morgan fingerprint density at radius 3 is 2.73 bits per heavy atom. The first-order chi connectivity index (χ1) is 5.38. The lowest BCUT2D eigenvalue weighted by Gasteiger charge is -2.18. The summed E-state index contributed by atoms with van der Waals surface area (Å²) in [6, 6.07) is 0. The van der Waals surface area contributed by atoms with Crippen molar-refractivity contribution >= 4 is 0 Å². The summed E-state index contributed by atoms with van der Waals surface area (Å²) in [5.41, 5.74) is 0. The number of hydrogen-bond acceptors (Lipinski definition) is 1. The molecule has 0 heterocycles. The molecule has 0 amide bonds. The molecule has 0 saturated heterocycles. The molecule has 1 nitrogen and oxygen atoms in total. The van der Waals surface area contributed by atoms with Gasteiger partial charge in [0.05, 0.1) is 6.10 Å². The predicted molar refractivity (Wildman–Crippen MR) is 47.7 cm³/mol. The molecule has 1 aliphatic rings. The van der Waals surface area contributed by atoms with Gasteiger partial charge >= 0.3 is 0 Å². The summed E-state index contributed by atoms with van der Waals surface area (Å²) in [5, 5.41) is 0. The monoisotopic (exact) mass is 156 g/mol. The van der Waals surface area contributed by atoms with Crippen molar-refractivity contribution in [3.63, 3.8) is 0 Å². The van der Waals surface area contributed by atoms with Gasteiger partial charge < -0.3 is 4.74 Å². The maximum Gasteiger partial charge on any atom is 0.0603 e. The summed E-state index contributed by atoms with van der Waals surface area (Å²) < 4.78 is 5.67. The van der Waals surface area contributed by atoms with E-state index in [1.54, 1.807) is 0 Å². The second-order valence-electron chi connectivity index (χ2n) is 3.47. The molecule has 0 aliphatic heterocycles. The maximum absolute atomic E-state index is 5.67. The molecule has 0 aromatic rings. The van der Waals surface area contributed by atoms with E-state index in [0.29, 0.717) is 6.10 Å². The van der Waals surface area contributed by atoms with E-state index < -0.39 is 0 Å². The van der Waals surface area contributed by atoms with Crippen LogP contribution in [0, 0.1) is 5.92 Å². The van der Waals surface area contributed by atoms with Crippen LogP contribution in [-0.4, -0.2) is 12.7 Å². The Morgan fingerprint density at radius 2 is 2.09 bits per heavy atom. The molecule has 0 spiro atoms. The summed E-state index contributed by atoms with van der Waals surface area (Å²) in [4.78, 5) is 0. The van der Waals surface area contributed by atoms with Crippen LogP contribution in [-0.2, 0) is 4.74 Å². The molecule has 0 aromatic heterocycles. The molecule has 0 radical (unpaired) electrons. The van der Waals surface area contributed by atoms with E-state index in [2.05, 4.69) is 13.8 Å². The summed E-state index contributed by atoms with van der Waals surface area (Å²) in [7, 11) is 0. The zero-order valence-corrected chi connectivity index (χ0v) is 7.81. The van der Waals surface area contributed by atoms with Crippen molar-refractivity contribution in [2.45, 2.75) is 52.1 Å². The quantitative estimate of drug-likeness (QED) is 0.608. The molecule has 2 atom stereocenters. The van der Waals surface area contributed by atoms with Crippen LogP contribution in [0.1, 0.15) is 46.0 Å². The minimum Gasteiger partial charge on any atom is -0.378 e.